The van der Waals surface area contributed by atoms with E-state index in [1.165, 1.54) is 24.7 Å². The van der Waals surface area contributed by atoms with E-state index in [4.69, 9.17) is 4.42 Å². The summed E-state index contributed by atoms with van der Waals surface area (Å²) < 4.78 is 18.6. The Morgan fingerprint density at radius 2 is 2.18 bits per heavy atom. The summed E-state index contributed by atoms with van der Waals surface area (Å²) in [4.78, 5) is 0. The van der Waals surface area contributed by atoms with E-state index >= 15 is 0 Å². The molecule has 1 atom stereocenters. The van der Waals surface area contributed by atoms with Gasteiger partial charge in [-0.2, -0.15) is 0 Å². The molecule has 0 aliphatic carbocycles. The summed E-state index contributed by atoms with van der Waals surface area (Å²) in [7, 11) is 0. The van der Waals surface area contributed by atoms with E-state index in [-0.39, 0.29) is 5.82 Å². The number of aliphatic hydroxyl groups is 1. The normalized spacial score (nSPS) is 14.6. The van der Waals surface area contributed by atoms with Gasteiger partial charge in [-0.15, -0.1) is 0 Å². The average Bonchev–Trinajstić information content (AvgIpc) is 2.76. The van der Waals surface area contributed by atoms with Gasteiger partial charge in [-0.05, 0) is 30.7 Å². The molecular weight excluding hydrogens is 287 g/mol. The van der Waals surface area contributed by atoms with Crippen molar-refractivity contribution in [1.82, 2.24) is 0 Å². The van der Waals surface area contributed by atoms with Gasteiger partial charge in [-0.1, -0.05) is 22.0 Å². The number of benzene rings is 1. The molecule has 0 bridgehead atoms. The van der Waals surface area contributed by atoms with Crippen LogP contribution in [0, 0.1) is 5.82 Å². The lowest BCUT2D eigenvalue weighted by Crippen LogP contribution is -2.23. The zero-order valence-electron chi connectivity index (χ0n) is 9.28. The number of halogens is 2. The lowest BCUT2D eigenvalue weighted by molar-refractivity contribution is 0.0568. The quantitative estimate of drug-likeness (QED) is 0.939. The van der Waals surface area contributed by atoms with Crippen LogP contribution in [0.1, 0.15) is 18.1 Å². The molecule has 2 aromatic rings. The van der Waals surface area contributed by atoms with Crippen molar-refractivity contribution < 1.29 is 13.9 Å². The van der Waals surface area contributed by atoms with Gasteiger partial charge in [0.1, 0.15) is 5.82 Å². The van der Waals surface area contributed by atoms with Gasteiger partial charge in [0.05, 0.1) is 18.1 Å². The molecule has 1 aromatic carbocycles. The van der Waals surface area contributed by atoms with E-state index in [2.05, 4.69) is 15.9 Å². The average molecular weight is 299 g/mol. The molecule has 90 valence electrons. The molecule has 1 unspecified atom stereocenters. The van der Waals surface area contributed by atoms with Crippen LogP contribution in [0.2, 0.25) is 0 Å². The zero-order valence-corrected chi connectivity index (χ0v) is 10.9. The second-order valence-electron chi connectivity index (χ2n) is 4.20. The van der Waals surface area contributed by atoms with Crippen LogP contribution in [-0.4, -0.2) is 5.11 Å². The Kier molecular flexibility index (Phi) is 3.35. The molecule has 0 amide bonds. The van der Waals surface area contributed by atoms with Crippen LogP contribution < -0.4 is 0 Å². The molecule has 2 rings (SSSR count). The predicted octanol–water partition coefficient (Wildman–Crippen LogP) is 3.63. The summed E-state index contributed by atoms with van der Waals surface area (Å²) in [6, 6.07) is 6.15. The zero-order chi connectivity index (χ0) is 12.5. The van der Waals surface area contributed by atoms with E-state index in [0.717, 1.165) is 5.56 Å². The van der Waals surface area contributed by atoms with Crippen molar-refractivity contribution in [2.24, 2.45) is 0 Å². The van der Waals surface area contributed by atoms with E-state index in [1.54, 1.807) is 19.1 Å². The molecule has 17 heavy (non-hydrogen) atoms. The maximum Gasteiger partial charge on any atom is 0.124 e. The number of hydrogen-bond acceptors (Lipinski definition) is 2. The standard InChI is InChI=1S/C13H12BrFO2/c1-13(16,10-4-5-17-8-10)7-9-2-3-11(15)6-12(9)14/h2-6,8,16H,7H2,1H3. The van der Waals surface area contributed by atoms with Crippen LogP contribution in [0.15, 0.2) is 45.7 Å². The summed E-state index contributed by atoms with van der Waals surface area (Å²) in [6.45, 7) is 1.70. The van der Waals surface area contributed by atoms with Gasteiger partial charge in [0, 0.05) is 16.5 Å². The van der Waals surface area contributed by atoms with E-state index < -0.39 is 5.60 Å². The Hall–Kier alpha value is -1.13. The molecule has 0 saturated heterocycles. The Morgan fingerprint density at radius 3 is 2.76 bits per heavy atom. The summed E-state index contributed by atoms with van der Waals surface area (Å²) in [5.74, 6) is -0.302. The number of furan rings is 1. The molecule has 1 N–H and O–H groups in total. The van der Waals surface area contributed by atoms with Gasteiger partial charge in [-0.3, -0.25) is 0 Å². The van der Waals surface area contributed by atoms with Crippen LogP contribution in [0.4, 0.5) is 4.39 Å². The second kappa shape index (κ2) is 4.63. The molecule has 0 saturated carbocycles. The highest BCUT2D eigenvalue weighted by Gasteiger charge is 2.25. The van der Waals surface area contributed by atoms with Crippen LogP contribution >= 0.6 is 15.9 Å². The third-order valence-corrected chi connectivity index (χ3v) is 3.43. The molecule has 2 nitrogen and oxygen atoms in total. The van der Waals surface area contributed by atoms with Crippen LogP contribution in [0.25, 0.3) is 0 Å². The first kappa shape index (κ1) is 12.3. The summed E-state index contributed by atoms with van der Waals surface area (Å²) in [5, 5.41) is 10.3. The lowest BCUT2D eigenvalue weighted by Gasteiger charge is -2.22. The van der Waals surface area contributed by atoms with Gasteiger partial charge in [-0.25, -0.2) is 4.39 Å². The van der Waals surface area contributed by atoms with Crippen LogP contribution in [-0.2, 0) is 12.0 Å². The van der Waals surface area contributed by atoms with Crippen molar-refractivity contribution in [1.29, 1.82) is 0 Å². The molecule has 1 heterocycles. The number of rotatable bonds is 3. The molecule has 0 radical (unpaired) electrons. The Morgan fingerprint density at radius 1 is 1.41 bits per heavy atom. The fourth-order valence-corrected chi connectivity index (χ4v) is 2.20. The highest BCUT2D eigenvalue weighted by Crippen LogP contribution is 2.29. The first-order valence-electron chi connectivity index (χ1n) is 5.18. The molecule has 4 heteroatoms. The lowest BCUT2D eigenvalue weighted by atomic mass is 9.91. The maximum atomic E-state index is 12.9. The molecule has 0 spiro atoms. The van der Waals surface area contributed by atoms with Gasteiger partial charge in [0.2, 0.25) is 0 Å². The van der Waals surface area contributed by atoms with Crippen molar-refractivity contribution in [2.45, 2.75) is 18.9 Å². The maximum absolute atomic E-state index is 12.9. The van der Waals surface area contributed by atoms with Gasteiger partial charge in [0.15, 0.2) is 0 Å². The summed E-state index contributed by atoms with van der Waals surface area (Å²) in [5.41, 5.74) is 0.513. The fourth-order valence-electron chi connectivity index (χ4n) is 1.71. The third-order valence-electron chi connectivity index (χ3n) is 2.69. The first-order valence-corrected chi connectivity index (χ1v) is 5.97. The van der Waals surface area contributed by atoms with Crippen molar-refractivity contribution in [3.05, 3.63) is 58.2 Å². The molecule has 1 aromatic heterocycles. The predicted molar refractivity (Wildman–Crippen MR) is 66.1 cm³/mol. The minimum absolute atomic E-state index is 0.302. The Balaban J connectivity index is 2.26. The monoisotopic (exact) mass is 298 g/mol. The largest absolute Gasteiger partial charge is 0.472 e. The third kappa shape index (κ3) is 2.76. The van der Waals surface area contributed by atoms with Crippen molar-refractivity contribution in [2.75, 3.05) is 0 Å². The van der Waals surface area contributed by atoms with Gasteiger partial charge < -0.3 is 9.52 Å². The summed E-state index contributed by atoms with van der Waals surface area (Å²) >= 11 is 3.29. The van der Waals surface area contributed by atoms with E-state index in [1.807, 2.05) is 0 Å². The molecule has 0 aliphatic heterocycles. The SMILES string of the molecule is CC(O)(Cc1ccc(F)cc1Br)c1ccoc1. The molecular formula is C13H12BrFO2. The van der Waals surface area contributed by atoms with E-state index in [9.17, 15) is 9.50 Å². The van der Waals surface area contributed by atoms with Crippen molar-refractivity contribution in [3.8, 4) is 0 Å². The van der Waals surface area contributed by atoms with Gasteiger partial charge >= 0.3 is 0 Å². The molecule has 0 fully saturated rings. The van der Waals surface area contributed by atoms with Gasteiger partial charge in [0.25, 0.3) is 0 Å². The molecule has 0 aliphatic rings. The number of hydrogen-bond donors (Lipinski definition) is 1. The summed E-state index contributed by atoms with van der Waals surface area (Å²) in [6.07, 6.45) is 3.41. The Bertz CT molecular complexity index is 506. The fraction of sp³-hybridized carbons (Fsp3) is 0.231. The van der Waals surface area contributed by atoms with Crippen LogP contribution in [0.3, 0.4) is 0 Å². The first-order chi connectivity index (χ1) is 7.99. The van der Waals surface area contributed by atoms with Crippen molar-refractivity contribution >= 4 is 15.9 Å². The van der Waals surface area contributed by atoms with Crippen molar-refractivity contribution in [3.63, 3.8) is 0 Å². The second-order valence-corrected chi connectivity index (χ2v) is 5.05. The highest BCUT2D eigenvalue weighted by molar-refractivity contribution is 9.10. The Labute approximate surface area is 107 Å². The highest BCUT2D eigenvalue weighted by atomic mass is 79.9. The van der Waals surface area contributed by atoms with Crippen LogP contribution in [0.5, 0.6) is 0 Å². The minimum atomic E-state index is -1.03. The minimum Gasteiger partial charge on any atom is -0.472 e. The smallest absolute Gasteiger partial charge is 0.124 e. The topological polar surface area (TPSA) is 33.4 Å². The van der Waals surface area contributed by atoms with E-state index in [0.29, 0.717) is 16.5 Å².